The van der Waals surface area contributed by atoms with Gasteiger partial charge in [0.05, 0.1) is 12.1 Å². The van der Waals surface area contributed by atoms with Crippen molar-refractivity contribution in [2.45, 2.75) is 26.0 Å². The lowest BCUT2D eigenvalue weighted by Crippen LogP contribution is -2.17. The fourth-order valence-electron chi connectivity index (χ4n) is 1.93. The molecule has 0 saturated carbocycles. The van der Waals surface area contributed by atoms with Gasteiger partial charge in [0.25, 0.3) is 0 Å². The van der Waals surface area contributed by atoms with Crippen molar-refractivity contribution in [3.8, 4) is 11.5 Å². The minimum Gasteiger partial charge on any atom is -0.493 e. The van der Waals surface area contributed by atoms with E-state index in [1.165, 1.54) is 0 Å². The van der Waals surface area contributed by atoms with E-state index in [0.29, 0.717) is 23.1 Å². The Kier molecular flexibility index (Phi) is 5.29. The van der Waals surface area contributed by atoms with Gasteiger partial charge in [0.2, 0.25) is 0 Å². The first-order chi connectivity index (χ1) is 9.60. The highest BCUT2D eigenvalue weighted by Crippen LogP contribution is 2.37. The Morgan fingerprint density at radius 2 is 2.15 bits per heavy atom. The number of thiophene rings is 1. The molecule has 3 nitrogen and oxygen atoms in total. The molecule has 2 rings (SSSR count). The summed E-state index contributed by atoms with van der Waals surface area (Å²) in [6, 6.07) is 5.91. The molecule has 0 saturated heterocycles. The van der Waals surface area contributed by atoms with Crippen LogP contribution in [0, 0.1) is 0 Å². The molecule has 1 heterocycles. The van der Waals surface area contributed by atoms with Crippen molar-refractivity contribution in [1.82, 2.24) is 0 Å². The summed E-state index contributed by atoms with van der Waals surface area (Å²) in [7, 11) is 1.61. The highest BCUT2D eigenvalue weighted by atomic mass is 35.5. The standard InChI is InChI=1S/C15H18ClNO2S/c1-10(17)5-12-6-13(16)15(14(7-12)18-2)19-8-11-3-4-20-9-11/h3-4,6-7,9-10H,5,8,17H2,1-2H3. The van der Waals surface area contributed by atoms with E-state index in [-0.39, 0.29) is 6.04 Å². The maximum atomic E-state index is 6.29. The molecule has 0 aliphatic carbocycles. The SMILES string of the molecule is COc1cc(CC(C)N)cc(Cl)c1OCc1ccsc1. The van der Waals surface area contributed by atoms with Crippen LogP contribution in [-0.4, -0.2) is 13.2 Å². The van der Waals surface area contributed by atoms with E-state index in [1.54, 1.807) is 18.4 Å². The minimum atomic E-state index is 0.0772. The molecule has 0 aliphatic heterocycles. The van der Waals surface area contributed by atoms with Crippen molar-refractivity contribution in [3.05, 3.63) is 45.1 Å². The van der Waals surface area contributed by atoms with Crippen molar-refractivity contribution in [1.29, 1.82) is 0 Å². The van der Waals surface area contributed by atoms with Crippen molar-refractivity contribution in [3.63, 3.8) is 0 Å². The van der Waals surface area contributed by atoms with Crippen LogP contribution in [0.15, 0.2) is 29.0 Å². The molecule has 108 valence electrons. The monoisotopic (exact) mass is 311 g/mol. The first kappa shape index (κ1) is 15.2. The fourth-order valence-corrected chi connectivity index (χ4v) is 2.87. The van der Waals surface area contributed by atoms with Gasteiger partial charge in [-0.05, 0) is 53.4 Å². The van der Waals surface area contributed by atoms with Gasteiger partial charge in [-0.15, -0.1) is 0 Å². The summed E-state index contributed by atoms with van der Waals surface area (Å²) in [5, 5.41) is 4.61. The van der Waals surface area contributed by atoms with Crippen LogP contribution in [0.4, 0.5) is 0 Å². The Morgan fingerprint density at radius 1 is 1.35 bits per heavy atom. The minimum absolute atomic E-state index is 0.0772. The van der Waals surface area contributed by atoms with Gasteiger partial charge in [-0.1, -0.05) is 11.6 Å². The van der Waals surface area contributed by atoms with E-state index in [2.05, 4.69) is 0 Å². The van der Waals surface area contributed by atoms with Gasteiger partial charge in [0, 0.05) is 6.04 Å². The summed E-state index contributed by atoms with van der Waals surface area (Å²) in [5.41, 5.74) is 7.98. The van der Waals surface area contributed by atoms with E-state index in [1.807, 2.05) is 35.9 Å². The molecular formula is C15H18ClNO2S. The highest BCUT2D eigenvalue weighted by molar-refractivity contribution is 7.07. The number of benzene rings is 1. The largest absolute Gasteiger partial charge is 0.493 e. The molecule has 0 radical (unpaired) electrons. The summed E-state index contributed by atoms with van der Waals surface area (Å²) in [6.07, 6.45) is 0.751. The molecule has 1 aromatic carbocycles. The van der Waals surface area contributed by atoms with Crippen molar-refractivity contribution >= 4 is 22.9 Å². The Balaban J connectivity index is 2.18. The lowest BCUT2D eigenvalue weighted by molar-refractivity contribution is 0.285. The van der Waals surface area contributed by atoms with Gasteiger partial charge in [-0.25, -0.2) is 0 Å². The number of hydrogen-bond acceptors (Lipinski definition) is 4. The molecule has 5 heteroatoms. The summed E-state index contributed by atoms with van der Waals surface area (Å²) in [5.74, 6) is 1.22. The summed E-state index contributed by atoms with van der Waals surface area (Å²) in [4.78, 5) is 0. The van der Waals surface area contributed by atoms with Gasteiger partial charge >= 0.3 is 0 Å². The van der Waals surface area contributed by atoms with Gasteiger partial charge in [0.15, 0.2) is 11.5 Å². The normalized spacial score (nSPS) is 12.2. The van der Waals surface area contributed by atoms with Crippen LogP contribution < -0.4 is 15.2 Å². The third kappa shape index (κ3) is 3.88. The first-order valence-electron chi connectivity index (χ1n) is 6.36. The van der Waals surface area contributed by atoms with E-state index in [4.69, 9.17) is 26.8 Å². The van der Waals surface area contributed by atoms with Crippen LogP contribution in [0.2, 0.25) is 5.02 Å². The predicted octanol–water partition coefficient (Wildman–Crippen LogP) is 3.88. The summed E-state index contributed by atoms with van der Waals surface area (Å²) in [6.45, 7) is 2.44. The van der Waals surface area contributed by atoms with Crippen LogP contribution in [0.3, 0.4) is 0 Å². The van der Waals surface area contributed by atoms with E-state index < -0.39 is 0 Å². The van der Waals surface area contributed by atoms with Gasteiger partial charge < -0.3 is 15.2 Å². The quantitative estimate of drug-likeness (QED) is 0.880. The second-order valence-electron chi connectivity index (χ2n) is 4.71. The summed E-state index contributed by atoms with van der Waals surface area (Å²) < 4.78 is 11.2. The fraction of sp³-hybridized carbons (Fsp3) is 0.333. The number of rotatable bonds is 6. The van der Waals surface area contributed by atoms with Crippen LogP contribution in [0.1, 0.15) is 18.1 Å². The molecule has 2 N–H and O–H groups in total. The second-order valence-corrected chi connectivity index (χ2v) is 5.90. The highest BCUT2D eigenvalue weighted by Gasteiger charge is 2.13. The Labute approximate surface area is 128 Å². The maximum Gasteiger partial charge on any atom is 0.180 e. The van der Waals surface area contributed by atoms with Gasteiger partial charge in [-0.3, -0.25) is 0 Å². The molecule has 20 heavy (non-hydrogen) atoms. The van der Waals surface area contributed by atoms with Crippen molar-refractivity contribution in [2.24, 2.45) is 5.73 Å². The zero-order chi connectivity index (χ0) is 14.5. The predicted molar refractivity (Wildman–Crippen MR) is 84.0 cm³/mol. The Bertz CT molecular complexity index is 555. The van der Waals surface area contributed by atoms with E-state index in [9.17, 15) is 0 Å². The molecule has 0 aliphatic rings. The zero-order valence-electron chi connectivity index (χ0n) is 11.6. The average molecular weight is 312 g/mol. The average Bonchev–Trinajstić information content (AvgIpc) is 2.89. The van der Waals surface area contributed by atoms with Gasteiger partial charge in [0.1, 0.15) is 6.61 Å². The number of nitrogens with two attached hydrogens (primary N) is 1. The Morgan fingerprint density at radius 3 is 2.75 bits per heavy atom. The number of methoxy groups -OCH3 is 1. The molecule has 1 aromatic heterocycles. The number of hydrogen-bond donors (Lipinski definition) is 1. The molecule has 0 bridgehead atoms. The summed E-state index contributed by atoms with van der Waals surface area (Å²) >= 11 is 7.93. The third-order valence-electron chi connectivity index (χ3n) is 2.81. The van der Waals surface area contributed by atoms with Crippen LogP contribution in [-0.2, 0) is 13.0 Å². The molecular weight excluding hydrogens is 294 g/mol. The lowest BCUT2D eigenvalue weighted by Gasteiger charge is -2.14. The first-order valence-corrected chi connectivity index (χ1v) is 7.68. The van der Waals surface area contributed by atoms with Crippen LogP contribution >= 0.6 is 22.9 Å². The Hall–Kier alpha value is -1.23. The molecule has 2 aromatic rings. The zero-order valence-corrected chi connectivity index (χ0v) is 13.1. The van der Waals surface area contributed by atoms with E-state index >= 15 is 0 Å². The maximum absolute atomic E-state index is 6.29. The molecule has 0 fully saturated rings. The topological polar surface area (TPSA) is 44.5 Å². The van der Waals surface area contributed by atoms with Crippen LogP contribution in [0.5, 0.6) is 11.5 Å². The van der Waals surface area contributed by atoms with Crippen molar-refractivity contribution < 1.29 is 9.47 Å². The molecule has 0 spiro atoms. The van der Waals surface area contributed by atoms with Crippen LogP contribution in [0.25, 0.3) is 0 Å². The smallest absolute Gasteiger partial charge is 0.180 e. The molecule has 1 unspecified atom stereocenters. The second kappa shape index (κ2) is 6.97. The molecule has 1 atom stereocenters. The van der Waals surface area contributed by atoms with E-state index in [0.717, 1.165) is 17.5 Å². The van der Waals surface area contributed by atoms with Gasteiger partial charge in [-0.2, -0.15) is 11.3 Å². The third-order valence-corrected chi connectivity index (χ3v) is 3.82. The lowest BCUT2D eigenvalue weighted by atomic mass is 10.1. The number of halogens is 1. The molecule has 0 amide bonds. The number of ether oxygens (including phenoxy) is 2. The van der Waals surface area contributed by atoms with Crippen molar-refractivity contribution in [2.75, 3.05) is 7.11 Å².